The molecule has 0 aliphatic heterocycles. The van der Waals surface area contributed by atoms with Gasteiger partial charge in [-0.15, -0.1) is 0 Å². The number of rotatable bonds is 13. The van der Waals surface area contributed by atoms with Crippen molar-refractivity contribution in [1.29, 1.82) is 0 Å². The molecule has 0 spiro atoms. The van der Waals surface area contributed by atoms with E-state index < -0.39 is 0 Å². The number of aliphatic hydroxyl groups is 1. The zero-order valence-electron chi connectivity index (χ0n) is 14.2. The molecule has 1 rings (SSSR count). The van der Waals surface area contributed by atoms with E-state index in [1.807, 2.05) is 6.07 Å². The maximum absolute atomic E-state index is 9.02. The Morgan fingerprint density at radius 3 is 2.05 bits per heavy atom. The summed E-state index contributed by atoms with van der Waals surface area (Å²) in [6.07, 6.45) is 15.4. The summed E-state index contributed by atoms with van der Waals surface area (Å²) >= 11 is 5.24. The molecule has 1 aromatic heterocycles. The van der Waals surface area contributed by atoms with E-state index in [0.29, 0.717) is 6.42 Å². The minimum Gasteiger partial charge on any atom is -0.396 e. The summed E-state index contributed by atoms with van der Waals surface area (Å²) in [5, 5.41) is 9.02. The van der Waals surface area contributed by atoms with Crippen LogP contribution in [-0.4, -0.2) is 16.7 Å². The molecule has 2 N–H and O–H groups in total. The number of aryl methyl sites for hydroxylation is 1. The van der Waals surface area contributed by atoms with Gasteiger partial charge >= 0.3 is 0 Å². The van der Waals surface area contributed by atoms with E-state index in [1.165, 1.54) is 69.9 Å². The average Bonchev–Trinajstić information content (AvgIpc) is 2.49. The van der Waals surface area contributed by atoms with Crippen LogP contribution >= 0.6 is 12.2 Å². The fraction of sp³-hybridized carbons (Fsp3) is 0.737. The van der Waals surface area contributed by atoms with Gasteiger partial charge in [0, 0.05) is 12.3 Å². The Labute approximate surface area is 141 Å². The Kier molecular flexibility index (Phi) is 11.3. The van der Waals surface area contributed by atoms with Gasteiger partial charge in [0.05, 0.1) is 0 Å². The van der Waals surface area contributed by atoms with E-state index in [1.54, 1.807) is 0 Å². The molecular weight excluding hydrogens is 290 g/mol. The predicted molar refractivity (Wildman–Crippen MR) is 98.0 cm³/mol. The third-order valence-electron chi connectivity index (χ3n) is 4.16. The lowest BCUT2D eigenvalue weighted by Gasteiger charge is -2.06. The molecule has 1 heterocycles. The maximum Gasteiger partial charge on any atom is 0.103 e. The number of pyridine rings is 1. The van der Waals surface area contributed by atoms with Gasteiger partial charge in [0.25, 0.3) is 0 Å². The Balaban J connectivity index is 2.08. The van der Waals surface area contributed by atoms with Crippen molar-refractivity contribution in [3.8, 4) is 0 Å². The third kappa shape index (κ3) is 9.37. The highest BCUT2D eigenvalue weighted by molar-refractivity contribution is 7.71. The second kappa shape index (κ2) is 12.8. The van der Waals surface area contributed by atoms with E-state index >= 15 is 0 Å². The van der Waals surface area contributed by atoms with Crippen LogP contribution in [-0.2, 0) is 12.8 Å². The van der Waals surface area contributed by atoms with Crippen LogP contribution in [0.2, 0.25) is 0 Å². The standard InChI is InChI=1S/C19H33NOS/c1-2-3-4-5-6-7-8-9-10-11-12-18-15-17(13-14-21)16-19(22)20-18/h15-16,21H,2-14H2,1H3,(H,20,22). The number of unbranched alkanes of at least 4 members (excludes halogenated alkanes) is 9. The molecule has 3 heteroatoms. The maximum atomic E-state index is 9.02. The number of hydrogen-bond acceptors (Lipinski definition) is 2. The molecule has 0 amide bonds. The predicted octanol–water partition coefficient (Wildman–Crippen LogP) is 5.74. The fourth-order valence-electron chi connectivity index (χ4n) is 2.88. The van der Waals surface area contributed by atoms with Gasteiger partial charge in [0.15, 0.2) is 0 Å². The summed E-state index contributed by atoms with van der Waals surface area (Å²) in [5.74, 6) is 0. The van der Waals surface area contributed by atoms with E-state index in [2.05, 4.69) is 18.0 Å². The molecule has 0 fully saturated rings. The topological polar surface area (TPSA) is 36.0 Å². The third-order valence-corrected chi connectivity index (χ3v) is 4.38. The largest absolute Gasteiger partial charge is 0.396 e. The van der Waals surface area contributed by atoms with Gasteiger partial charge in [0.2, 0.25) is 0 Å². The van der Waals surface area contributed by atoms with Gasteiger partial charge in [0.1, 0.15) is 4.64 Å². The lowest BCUT2D eigenvalue weighted by molar-refractivity contribution is 0.299. The highest BCUT2D eigenvalue weighted by atomic mass is 32.1. The summed E-state index contributed by atoms with van der Waals surface area (Å²) < 4.78 is 0.785. The van der Waals surface area contributed by atoms with Gasteiger partial charge in [-0.05, 0) is 37.0 Å². The molecule has 0 bridgehead atoms. The summed E-state index contributed by atoms with van der Waals surface area (Å²) in [6, 6.07) is 4.10. The normalized spacial score (nSPS) is 11.0. The van der Waals surface area contributed by atoms with E-state index in [-0.39, 0.29) is 6.61 Å². The van der Waals surface area contributed by atoms with E-state index in [9.17, 15) is 0 Å². The van der Waals surface area contributed by atoms with E-state index in [4.69, 9.17) is 17.3 Å². The smallest absolute Gasteiger partial charge is 0.103 e. The minimum absolute atomic E-state index is 0.191. The first-order valence-electron chi connectivity index (χ1n) is 9.09. The van der Waals surface area contributed by atoms with Crippen LogP contribution in [0, 0.1) is 4.64 Å². The van der Waals surface area contributed by atoms with Gasteiger partial charge in [-0.1, -0.05) is 76.9 Å². The van der Waals surface area contributed by atoms with Crippen LogP contribution < -0.4 is 0 Å². The van der Waals surface area contributed by atoms with Crippen molar-refractivity contribution in [1.82, 2.24) is 4.98 Å². The summed E-state index contributed by atoms with van der Waals surface area (Å²) in [5.41, 5.74) is 2.36. The number of aliphatic hydroxyl groups excluding tert-OH is 1. The van der Waals surface area contributed by atoms with Crippen LogP contribution in [0.5, 0.6) is 0 Å². The van der Waals surface area contributed by atoms with Gasteiger partial charge in [-0.2, -0.15) is 0 Å². The zero-order chi connectivity index (χ0) is 16.0. The van der Waals surface area contributed by atoms with Gasteiger partial charge in [-0.25, -0.2) is 0 Å². The Morgan fingerprint density at radius 2 is 1.45 bits per heavy atom. The first-order valence-corrected chi connectivity index (χ1v) is 9.50. The van der Waals surface area contributed by atoms with Crippen LogP contribution in [0.1, 0.15) is 82.4 Å². The van der Waals surface area contributed by atoms with Crippen molar-refractivity contribution in [2.24, 2.45) is 0 Å². The van der Waals surface area contributed by atoms with Crippen LogP contribution in [0.4, 0.5) is 0 Å². The van der Waals surface area contributed by atoms with Gasteiger partial charge in [-0.3, -0.25) is 0 Å². The summed E-state index contributed by atoms with van der Waals surface area (Å²) in [7, 11) is 0. The molecule has 0 radical (unpaired) electrons. The highest BCUT2D eigenvalue weighted by Crippen LogP contribution is 2.12. The monoisotopic (exact) mass is 323 g/mol. The van der Waals surface area contributed by atoms with Crippen molar-refractivity contribution < 1.29 is 5.11 Å². The van der Waals surface area contributed by atoms with Crippen molar-refractivity contribution in [3.05, 3.63) is 28.0 Å². The number of aromatic amines is 1. The molecule has 0 saturated carbocycles. The number of nitrogens with one attached hydrogen (secondary N) is 1. The van der Waals surface area contributed by atoms with Crippen molar-refractivity contribution >= 4 is 12.2 Å². The molecule has 126 valence electrons. The van der Waals surface area contributed by atoms with Crippen molar-refractivity contribution in [3.63, 3.8) is 0 Å². The molecule has 22 heavy (non-hydrogen) atoms. The Hall–Kier alpha value is -0.670. The second-order valence-corrected chi connectivity index (χ2v) is 6.72. The second-order valence-electron chi connectivity index (χ2n) is 6.28. The quantitative estimate of drug-likeness (QED) is 0.358. The molecule has 0 saturated heterocycles. The molecule has 0 aromatic carbocycles. The lowest BCUT2D eigenvalue weighted by atomic mass is 10.0. The zero-order valence-corrected chi connectivity index (χ0v) is 15.0. The first-order chi connectivity index (χ1) is 10.8. The molecular formula is C19H33NOS. The summed E-state index contributed by atoms with van der Waals surface area (Å²) in [4.78, 5) is 3.27. The first kappa shape index (κ1) is 19.4. The van der Waals surface area contributed by atoms with Gasteiger partial charge < -0.3 is 10.1 Å². The molecule has 0 atom stereocenters. The average molecular weight is 324 g/mol. The molecule has 2 nitrogen and oxygen atoms in total. The number of hydrogen-bond donors (Lipinski definition) is 2. The minimum atomic E-state index is 0.191. The Morgan fingerprint density at radius 1 is 0.864 bits per heavy atom. The SMILES string of the molecule is CCCCCCCCCCCCc1cc(CCO)cc(=S)[nH]1. The molecule has 0 unspecified atom stereocenters. The fourth-order valence-corrected chi connectivity index (χ4v) is 3.16. The van der Waals surface area contributed by atoms with Crippen molar-refractivity contribution in [2.45, 2.75) is 84.0 Å². The van der Waals surface area contributed by atoms with E-state index in [0.717, 1.165) is 16.6 Å². The number of aromatic nitrogens is 1. The number of H-pyrrole nitrogens is 1. The molecule has 0 aliphatic rings. The van der Waals surface area contributed by atoms with Crippen LogP contribution in [0.15, 0.2) is 12.1 Å². The molecule has 0 aliphatic carbocycles. The molecule has 1 aromatic rings. The summed E-state index contributed by atoms with van der Waals surface area (Å²) in [6.45, 7) is 2.46. The van der Waals surface area contributed by atoms with Crippen LogP contribution in [0.3, 0.4) is 0 Å². The highest BCUT2D eigenvalue weighted by Gasteiger charge is 1.99. The van der Waals surface area contributed by atoms with Crippen molar-refractivity contribution in [2.75, 3.05) is 6.61 Å². The lowest BCUT2D eigenvalue weighted by Crippen LogP contribution is -1.97. The Bertz CT molecular complexity index is 441. The van der Waals surface area contributed by atoms with Crippen LogP contribution in [0.25, 0.3) is 0 Å².